The monoisotopic (exact) mass is 220 g/mol. The van der Waals surface area contributed by atoms with Crippen molar-refractivity contribution in [1.29, 1.82) is 0 Å². The van der Waals surface area contributed by atoms with Crippen LogP contribution in [0.15, 0.2) is 35.9 Å². The van der Waals surface area contributed by atoms with Crippen LogP contribution in [0.1, 0.15) is 33.1 Å². The molecule has 1 aromatic carbocycles. The molecule has 0 bridgehead atoms. The van der Waals surface area contributed by atoms with Gasteiger partial charge in [-0.1, -0.05) is 31.6 Å². The zero-order chi connectivity index (χ0) is 11.8. The lowest BCUT2D eigenvalue weighted by molar-refractivity contribution is 0.322. The van der Waals surface area contributed by atoms with Gasteiger partial charge >= 0.3 is 0 Å². The molecule has 0 spiro atoms. The van der Waals surface area contributed by atoms with Crippen LogP contribution in [0.5, 0.6) is 11.5 Å². The number of hydrogen-bond donors (Lipinski definition) is 1. The Bertz CT molecular complexity index is 336. The summed E-state index contributed by atoms with van der Waals surface area (Å²) in [7, 11) is 0. The van der Waals surface area contributed by atoms with Gasteiger partial charge in [-0.25, -0.2) is 0 Å². The van der Waals surface area contributed by atoms with Crippen molar-refractivity contribution in [2.75, 3.05) is 6.61 Å². The number of allylic oxidation sites excluding steroid dienone is 1. The van der Waals surface area contributed by atoms with Crippen molar-refractivity contribution in [1.82, 2.24) is 0 Å². The van der Waals surface area contributed by atoms with Gasteiger partial charge in [0.25, 0.3) is 0 Å². The summed E-state index contributed by atoms with van der Waals surface area (Å²) in [6, 6.07) is 6.90. The zero-order valence-electron chi connectivity index (χ0n) is 10.1. The molecule has 0 aliphatic heterocycles. The first kappa shape index (κ1) is 12.6. The summed E-state index contributed by atoms with van der Waals surface area (Å²) >= 11 is 0. The summed E-state index contributed by atoms with van der Waals surface area (Å²) < 4.78 is 5.52. The smallest absolute Gasteiger partial charge is 0.122 e. The minimum absolute atomic E-state index is 0.246. The van der Waals surface area contributed by atoms with Crippen LogP contribution in [-0.2, 0) is 0 Å². The second-order valence-electron chi connectivity index (χ2n) is 3.70. The maximum atomic E-state index is 9.24. The molecule has 0 fully saturated rings. The van der Waals surface area contributed by atoms with E-state index in [-0.39, 0.29) is 5.75 Å². The number of hydrogen-bond acceptors (Lipinski definition) is 2. The number of phenols is 1. The van der Waals surface area contributed by atoms with Crippen LogP contribution in [0.4, 0.5) is 0 Å². The summed E-state index contributed by atoms with van der Waals surface area (Å²) in [5, 5.41) is 9.24. The van der Waals surface area contributed by atoms with Crippen LogP contribution in [-0.4, -0.2) is 11.7 Å². The molecule has 88 valence electrons. The van der Waals surface area contributed by atoms with E-state index in [9.17, 15) is 5.11 Å². The summed E-state index contributed by atoms with van der Waals surface area (Å²) in [4.78, 5) is 0. The summed E-state index contributed by atoms with van der Waals surface area (Å²) in [5.74, 6) is 0.971. The quantitative estimate of drug-likeness (QED) is 0.582. The Morgan fingerprint density at radius 2 is 2.06 bits per heavy atom. The first-order valence-corrected chi connectivity index (χ1v) is 5.86. The Morgan fingerprint density at radius 3 is 2.69 bits per heavy atom. The Morgan fingerprint density at radius 1 is 1.31 bits per heavy atom. The van der Waals surface area contributed by atoms with E-state index in [0.29, 0.717) is 6.61 Å². The van der Waals surface area contributed by atoms with Crippen LogP contribution < -0.4 is 4.74 Å². The fourth-order valence-electron chi connectivity index (χ4n) is 1.55. The second kappa shape index (κ2) is 6.94. The third-order valence-corrected chi connectivity index (χ3v) is 2.55. The summed E-state index contributed by atoms with van der Waals surface area (Å²) in [6.45, 7) is 5.00. The van der Waals surface area contributed by atoms with Crippen LogP contribution in [0.25, 0.3) is 0 Å². The van der Waals surface area contributed by atoms with E-state index < -0.39 is 0 Å². The lowest BCUT2D eigenvalue weighted by Crippen LogP contribution is -1.95. The first-order valence-electron chi connectivity index (χ1n) is 5.86. The van der Waals surface area contributed by atoms with Crippen molar-refractivity contribution in [3.8, 4) is 11.5 Å². The highest BCUT2D eigenvalue weighted by Crippen LogP contribution is 2.17. The van der Waals surface area contributed by atoms with Crippen molar-refractivity contribution in [3.63, 3.8) is 0 Å². The Labute approximate surface area is 97.6 Å². The van der Waals surface area contributed by atoms with Gasteiger partial charge in [-0.15, -0.1) is 0 Å². The molecule has 0 aliphatic carbocycles. The van der Waals surface area contributed by atoms with E-state index >= 15 is 0 Å². The molecule has 0 amide bonds. The molecule has 0 heterocycles. The van der Waals surface area contributed by atoms with Gasteiger partial charge < -0.3 is 9.84 Å². The highest BCUT2D eigenvalue weighted by molar-refractivity contribution is 5.31. The lowest BCUT2D eigenvalue weighted by Gasteiger charge is -2.05. The number of aromatic hydroxyl groups is 1. The average Bonchev–Trinajstić information content (AvgIpc) is 2.29. The fraction of sp³-hybridized carbons (Fsp3) is 0.429. The molecule has 1 rings (SSSR count). The van der Waals surface area contributed by atoms with Gasteiger partial charge in [0.15, 0.2) is 0 Å². The molecular weight excluding hydrogens is 200 g/mol. The van der Waals surface area contributed by atoms with Crippen molar-refractivity contribution >= 4 is 0 Å². The fourth-order valence-corrected chi connectivity index (χ4v) is 1.55. The number of ether oxygens (including phenoxy) is 1. The van der Waals surface area contributed by atoms with Crippen molar-refractivity contribution in [2.45, 2.75) is 33.1 Å². The number of benzene rings is 1. The molecular formula is C14H20O2. The highest BCUT2D eigenvalue weighted by Gasteiger charge is 1.94. The van der Waals surface area contributed by atoms with Crippen molar-refractivity contribution in [3.05, 3.63) is 35.9 Å². The van der Waals surface area contributed by atoms with Gasteiger partial charge in [-0.05, 0) is 31.4 Å². The molecule has 2 nitrogen and oxygen atoms in total. The molecule has 0 aromatic heterocycles. The van der Waals surface area contributed by atoms with Crippen molar-refractivity contribution < 1.29 is 9.84 Å². The van der Waals surface area contributed by atoms with Crippen LogP contribution in [0.2, 0.25) is 0 Å². The van der Waals surface area contributed by atoms with Crippen LogP contribution in [0.3, 0.4) is 0 Å². The zero-order valence-corrected chi connectivity index (χ0v) is 10.1. The molecule has 0 saturated heterocycles. The second-order valence-corrected chi connectivity index (χ2v) is 3.70. The van der Waals surface area contributed by atoms with Gasteiger partial charge in [-0.3, -0.25) is 0 Å². The van der Waals surface area contributed by atoms with Gasteiger partial charge in [0.1, 0.15) is 11.5 Å². The molecule has 0 atom stereocenters. The van der Waals surface area contributed by atoms with Crippen molar-refractivity contribution in [2.24, 2.45) is 0 Å². The topological polar surface area (TPSA) is 29.5 Å². The number of phenolic OH excluding ortho intramolecular Hbond substituents is 1. The third-order valence-electron chi connectivity index (χ3n) is 2.55. The Hall–Kier alpha value is -1.44. The maximum Gasteiger partial charge on any atom is 0.122 e. The molecule has 1 N–H and O–H groups in total. The van der Waals surface area contributed by atoms with E-state index in [1.807, 2.05) is 6.07 Å². The normalized spacial score (nSPS) is 9.88. The Balaban J connectivity index is 2.33. The molecule has 2 heteroatoms. The van der Waals surface area contributed by atoms with Gasteiger partial charge in [-0.2, -0.15) is 0 Å². The van der Waals surface area contributed by atoms with E-state index in [2.05, 4.69) is 19.9 Å². The van der Waals surface area contributed by atoms with E-state index in [1.165, 1.54) is 5.57 Å². The lowest BCUT2D eigenvalue weighted by atomic mass is 10.1. The highest BCUT2D eigenvalue weighted by atomic mass is 16.5. The summed E-state index contributed by atoms with van der Waals surface area (Å²) in [5.41, 5.74) is 1.47. The van der Waals surface area contributed by atoms with E-state index in [4.69, 9.17) is 4.74 Å². The first-order chi connectivity index (χ1) is 7.76. The van der Waals surface area contributed by atoms with Crippen LogP contribution >= 0.6 is 0 Å². The van der Waals surface area contributed by atoms with Gasteiger partial charge in [0, 0.05) is 6.07 Å². The number of rotatable bonds is 6. The van der Waals surface area contributed by atoms with Crippen LogP contribution in [0, 0.1) is 0 Å². The molecule has 0 saturated carbocycles. The largest absolute Gasteiger partial charge is 0.508 e. The third kappa shape index (κ3) is 4.39. The van der Waals surface area contributed by atoms with Gasteiger partial charge in [0.2, 0.25) is 0 Å². The maximum absolute atomic E-state index is 9.24. The predicted molar refractivity (Wildman–Crippen MR) is 66.9 cm³/mol. The summed E-state index contributed by atoms with van der Waals surface area (Å²) in [6.07, 6.45) is 5.39. The predicted octanol–water partition coefficient (Wildman–Crippen LogP) is 3.91. The van der Waals surface area contributed by atoms with E-state index in [1.54, 1.807) is 18.2 Å². The molecule has 0 radical (unpaired) electrons. The standard InChI is InChI=1S/C14H20O2/c1-3-12(4-2)7-6-10-16-14-9-5-8-13(15)11-14/h5,7-9,11,15H,3-4,6,10H2,1-2H3. The minimum Gasteiger partial charge on any atom is -0.508 e. The molecule has 16 heavy (non-hydrogen) atoms. The average molecular weight is 220 g/mol. The molecule has 1 aromatic rings. The molecule has 0 unspecified atom stereocenters. The van der Waals surface area contributed by atoms with E-state index in [0.717, 1.165) is 25.0 Å². The minimum atomic E-state index is 0.246. The SMILES string of the molecule is CCC(=CCCOc1cccc(O)c1)CC. The Kier molecular flexibility index (Phi) is 5.48. The van der Waals surface area contributed by atoms with Gasteiger partial charge in [0.05, 0.1) is 6.61 Å². The molecule has 0 aliphatic rings.